The molecule has 0 atom stereocenters. The number of benzene rings is 1. The van der Waals surface area contributed by atoms with Gasteiger partial charge in [-0.1, -0.05) is 18.2 Å². The van der Waals surface area contributed by atoms with E-state index in [-0.39, 0.29) is 12.3 Å². The normalized spacial score (nSPS) is 10.6. The van der Waals surface area contributed by atoms with Crippen LogP contribution in [0, 0.1) is 0 Å². The van der Waals surface area contributed by atoms with E-state index >= 15 is 0 Å². The number of aromatic nitrogens is 2. The highest BCUT2D eigenvalue weighted by molar-refractivity contribution is 7.13. The number of amides is 1. The van der Waals surface area contributed by atoms with Crippen molar-refractivity contribution < 1.29 is 4.79 Å². The number of nitrogen functional groups attached to an aromatic ring is 1. The fraction of sp³-hybridized carbons (Fsp3) is 0.0714. The number of nitrogens with one attached hydrogen (secondary N) is 1. The minimum atomic E-state index is -0.138. The summed E-state index contributed by atoms with van der Waals surface area (Å²) in [7, 11) is 0. The number of anilines is 2. The van der Waals surface area contributed by atoms with Gasteiger partial charge in [0, 0.05) is 17.0 Å². The molecule has 3 rings (SSSR count). The molecule has 2 aromatic heterocycles. The van der Waals surface area contributed by atoms with Crippen LogP contribution in [0.3, 0.4) is 0 Å². The molecule has 1 amide bonds. The Morgan fingerprint density at radius 3 is 3.00 bits per heavy atom. The molecule has 0 fully saturated rings. The molecule has 0 saturated heterocycles. The number of carbonyl (C=O) groups is 1. The van der Waals surface area contributed by atoms with Crippen molar-refractivity contribution >= 4 is 39.0 Å². The molecule has 0 saturated carbocycles. The number of carbonyl (C=O) groups excluding carboxylic acids is 1. The summed E-state index contributed by atoms with van der Waals surface area (Å²) in [4.78, 5) is 20.3. The van der Waals surface area contributed by atoms with Gasteiger partial charge in [-0.25, -0.2) is 4.98 Å². The first kappa shape index (κ1) is 12.6. The van der Waals surface area contributed by atoms with Gasteiger partial charge in [0.05, 0.1) is 23.3 Å². The fourth-order valence-corrected chi connectivity index (χ4v) is 2.47. The Hall–Kier alpha value is -2.47. The molecule has 3 N–H and O–H groups in total. The van der Waals surface area contributed by atoms with E-state index in [2.05, 4.69) is 15.3 Å². The summed E-state index contributed by atoms with van der Waals surface area (Å²) in [5.41, 5.74) is 7.92. The molecular weight excluding hydrogens is 272 g/mol. The van der Waals surface area contributed by atoms with Crippen LogP contribution < -0.4 is 11.1 Å². The maximum atomic E-state index is 11.9. The number of fused-ring (bicyclic) bond motifs is 1. The molecule has 3 aromatic rings. The molecule has 5 nitrogen and oxygen atoms in total. The number of pyridine rings is 1. The smallest absolute Gasteiger partial charge is 0.232 e. The van der Waals surface area contributed by atoms with Crippen LogP contribution in [0.2, 0.25) is 0 Å². The molecule has 0 radical (unpaired) electrons. The average Bonchev–Trinajstić information content (AvgIpc) is 2.92. The fourth-order valence-electron chi connectivity index (χ4n) is 1.92. The second-order valence-corrected chi connectivity index (χ2v) is 5.18. The lowest BCUT2D eigenvalue weighted by molar-refractivity contribution is -0.115. The van der Waals surface area contributed by atoms with Gasteiger partial charge in [-0.15, -0.1) is 11.3 Å². The van der Waals surface area contributed by atoms with E-state index in [4.69, 9.17) is 5.73 Å². The minimum Gasteiger partial charge on any atom is -0.397 e. The number of para-hydroxylation sites is 1. The monoisotopic (exact) mass is 284 g/mol. The number of nitrogens with zero attached hydrogens (tertiary/aromatic N) is 2. The second kappa shape index (κ2) is 5.26. The lowest BCUT2D eigenvalue weighted by Crippen LogP contribution is -2.15. The Morgan fingerprint density at radius 1 is 1.30 bits per heavy atom. The molecule has 0 spiro atoms. The molecule has 6 heteroatoms. The van der Waals surface area contributed by atoms with Gasteiger partial charge in [-0.3, -0.25) is 9.78 Å². The van der Waals surface area contributed by atoms with E-state index < -0.39 is 0 Å². The Kier molecular flexibility index (Phi) is 3.30. The summed E-state index contributed by atoms with van der Waals surface area (Å²) < 4.78 is 0. The summed E-state index contributed by atoms with van der Waals surface area (Å²) >= 11 is 1.38. The molecule has 0 unspecified atom stereocenters. The van der Waals surface area contributed by atoms with Gasteiger partial charge in [0.15, 0.2) is 5.13 Å². The van der Waals surface area contributed by atoms with E-state index in [1.807, 2.05) is 29.6 Å². The first-order valence-electron chi connectivity index (χ1n) is 6.06. The SMILES string of the molecule is Nc1cccc2ccc(CC(=O)Nc3nccs3)nc12. The average molecular weight is 284 g/mol. The largest absolute Gasteiger partial charge is 0.397 e. The van der Waals surface area contributed by atoms with Crippen molar-refractivity contribution in [2.45, 2.75) is 6.42 Å². The van der Waals surface area contributed by atoms with Crippen LogP contribution in [0.5, 0.6) is 0 Å². The summed E-state index contributed by atoms with van der Waals surface area (Å²) in [5, 5.41) is 6.10. The van der Waals surface area contributed by atoms with Gasteiger partial charge in [0.2, 0.25) is 5.91 Å². The van der Waals surface area contributed by atoms with Crippen LogP contribution in [0.4, 0.5) is 10.8 Å². The first-order valence-corrected chi connectivity index (χ1v) is 6.94. The maximum Gasteiger partial charge on any atom is 0.232 e. The summed E-state index contributed by atoms with van der Waals surface area (Å²) in [5.74, 6) is -0.138. The van der Waals surface area contributed by atoms with Gasteiger partial charge in [-0.2, -0.15) is 0 Å². The number of thiazole rings is 1. The summed E-state index contributed by atoms with van der Waals surface area (Å²) in [6, 6.07) is 9.38. The summed E-state index contributed by atoms with van der Waals surface area (Å²) in [6.07, 6.45) is 1.85. The van der Waals surface area contributed by atoms with Crippen molar-refractivity contribution in [3.63, 3.8) is 0 Å². The highest BCUT2D eigenvalue weighted by Gasteiger charge is 2.08. The topological polar surface area (TPSA) is 80.9 Å². The molecule has 100 valence electrons. The number of rotatable bonds is 3. The van der Waals surface area contributed by atoms with Crippen molar-refractivity contribution in [2.75, 3.05) is 11.1 Å². The van der Waals surface area contributed by atoms with Crippen LogP contribution in [-0.2, 0) is 11.2 Å². The second-order valence-electron chi connectivity index (χ2n) is 4.28. The van der Waals surface area contributed by atoms with Crippen molar-refractivity contribution in [2.24, 2.45) is 0 Å². The Bertz CT molecular complexity index is 755. The number of hydrogen-bond donors (Lipinski definition) is 2. The lowest BCUT2D eigenvalue weighted by atomic mass is 10.1. The third-order valence-corrected chi connectivity index (χ3v) is 3.52. The van der Waals surface area contributed by atoms with E-state index in [1.165, 1.54) is 11.3 Å². The predicted octanol–water partition coefficient (Wildman–Crippen LogP) is 2.45. The van der Waals surface area contributed by atoms with Crippen LogP contribution in [0.15, 0.2) is 41.9 Å². The quantitative estimate of drug-likeness (QED) is 0.724. The number of hydrogen-bond acceptors (Lipinski definition) is 5. The van der Waals surface area contributed by atoms with Gasteiger partial charge < -0.3 is 11.1 Å². The molecule has 0 bridgehead atoms. The van der Waals surface area contributed by atoms with Gasteiger partial charge >= 0.3 is 0 Å². The molecule has 0 aliphatic rings. The minimum absolute atomic E-state index is 0.138. The van der Waals surface area contributed by atoms with Crippen molar-refractivity contribution in [3.8, 4) is 0 Å². The molecular formula is C14H12N4OS. The molecule has 20 heavy (non-hydrogen) atoms. The Balaban J connectivity index is 1.80. The molecule has 1 aromatic carbocycles. The lowest BCUT2D eigenvalue weighted by Gasteiger charge is -2.05. The summed E-state index contributed by atoms with van der Waals surface area (Å²) in [6.45, 7) is 0. The van der Waals surface area contributed by atoms with Crippen molar-refractivity contribution in [1.29, 1.82) is 0 Å². The molecule has 0 aliphatic heterocycles. The zero-order chi connectivity index (χ0) is 13.9. The van der Waals surface area contributed by atoms with Crippen molar-refractivity contribution in [3.05, 3.63) is 47.6 Å². The third kappa shape index (κ3) is 2.60. The third-order valence-electron chi connectivity index (χ3n) is 2.83. The highest BCUT2D eigenvalue weighted by Crippen LogP contribution is 2.19. The zero-order valence-corrected chi connectivity index (χ0v) is 11.4. The standard InChI is InChI=1S/C14H12N4OS/c15-11-3-1-2-9-4-5-10(17-13(9)11)8-12(19)18-14-16-6-7-20-14/h1-7H,8,15H2,(H,16,18,19). The van der Waals surface area contributed by atoms with Crippen LogP contribution in [-0.4, -0.2) is 15.9 Å². The van der Waals surface area contributed by atoms with E-state index in [9.17, 15) is 4.79 Å². The number of nitrogens with two attached hydrogens (primary N) is 1. The van der Waals surface area contributed by atoms with Crippen LogP contribution in [0.25, 0.3) is 10.9 Å². The molecule has 0 aliphatic carbocycles. The van der Waals surface area contributed by atoms with Crippen molar-refractivity contribution in [1.82, 2.24) is 9.97 Å². The molecule has 2 heterocycles. The van der Waals surface area contributed by atoms with E-state index in [1.54, 1.807) is 12.3 Å². The van der Waals surface area contributed by atoms with Gasteiger partial charge in [-0.05, 0) is 12.1 Å². The Morgan fingerprint density at radius 2 is 2.20 bits per heavy atom. The first-order chi connectivity index (χ1) is 9.72. The Labute approximate surface area is 119 Å². The van der Waals surface area contributed by atoms with Crippen LogP contribution >= 0.6 is 11.3 Å². The van der Waals surface area contributed by atoms with Gasteiger partial charge in [0.25, 0.3) is 0 Å². The predicted molar refractivity (Wildman–Crippen MR) is 80.6 cm³/mol. The van der Waals surface area contributed by atoms with Gasteiger partial charge in [0.1, 0.15) is 0 Å². The zero-order valence-electron chi connectivity index (χ0n) is 10.5. The van der Waals surface area contributed by atoms with Crippen LogP contribution in [0.1, 0.15) is 5.69 Å². The van der Waals surface area contributed by atoms with E-state index in [0.717, 1.165) is 10.9 Å². The highest BCUT2D eigenvalue weighted by atomic mass is 32.1. The maximum absolute atomic E-state index is 11.9. The van der Waals surface area contributed by atoms with E-state index in [0.29, 0.717) is 16.5 Å².